The third-order valence-electron chi connectivity index (χ3n) is 5.52. The lowest BCUT2D eigenvalue weighted by atomic mass is 9.59. The Bertz CT molecular complexity index is 569. The van der Waals surface area contributed by atoms with Crippen molar-refractivity contribution in [1.82, 2.24) is 0 Å². The Balaban J connectivity index is 1.94. The molecule has 0 bridgehead atoms. The average molecular weight is 285 g/mol. The van der Waals surface area contributed by atoms with Gasteiger partial charge in [0.05, 0.1) is 24.2 Å². The third-order valence-corrected chi connectivity index (χ3v) is 5.52. The number of aliphatic hydroxyl groups is 1. The molecule has 1 aromatic rings. The van der Waals surface area contributed by atoms with Gasteiger partial charge in [0.25, 0.3) is 0 Å². The Kier molecular flexibility index (Phi) is 3.67. The topological polar surface area (TPSA) is 53.2 Å². The summed E-state index contributed by atoms with van der Waals surface area (Å²) in [5, 5.41) is 21.1. The van der Waals surface area contributed by atoms with Gasteiger partial charge in [-0.25, -0.2) is 0 Å². The van der Waals surface area contributed by atoms with Gasteiger partial charge in [-0.2, -0.15) is 5.26 Å². The van der Waals surface area contributed by atoms with Crippen LogP contribution >= 0.6 is 0 Å². The van der Waals surface area contributed by atoms with Crippen LogP contribution in [0.5, 0.6) is 5.75 Å². The standard InChI is InChI=1S/C18H23NO2/c1-21-16-6-5-14-7-10-18(20,12-15(14)11-16)17(13-19)8-3-2-4-9-17/h5-6,11,20H,2-4,7-10,12H2,1H3. The summed E-state index contributed by atoms with van der Waals surface area (Å²) < 4.78 is 5.30. The molecule has 112 valence electrons. The molecule has 0 aromatic heterocycles. The van der Waals surface area contributed by atoms with E-state index in [1.165, 1.54) is 12.0 Å². The van der Waals surface area contributed by atoms with E-state index in [0.29, 0.717) is 12.8 Å². The van der Waals surface area contributed by atoms with E-state index < -0.39 is 11.0 Å². The highest BCUT2D eigenvalue weighted by molar-refractivity contribution is 5.39. The molecule has 3 rings (SSSR count). The lowest BCUT2D eigenvalue weighted by Crippen LogP contribution is -2.52. The number of methoxy groups -OCH3 is 1. The number of rotatable bonds is 2. The molecule has 0 aliphatic heterocycles. The maximum Gasteiger partial charge on any atom is 0.119 e. The van der Waals surface area contributed by atoms with Gasteiger partial charge in [0.2, 0.25) is 0 Å². The molecule has 2 aliphatic rings. The Labute approximate surface area is 126 Å². The van der Waals surface area contributed by atoms with E-state index in [9.17, 15) is 10.4 Å². The molecular formula is C18H23NO2. The minimum Gasteiger partial charge on any atom is -0.497 e. The van der Waals surface area contributed by atoms with Gasteiger partial charge in [0, 0.05) is 6.42 Å². The molecule has 1 N–H and O–H groups in total. The minimum absolute atomic E-state index is 0.563. The van der Waals surface area contributed by atoms with Crippen LogP contribution in [0, 0.1) is 16.7 Å². The van der Waals surface area contributed by atoms with Crippen LogP contribution in [0.1, 0.15) is 49.7 Å². The van der Waals surface area contributed by atoms with Gasteiger partial charge in [-0.3, -0.25) is 0 Å². The number of hydrogen-bond donors (Lipinski definition) is 1. The van der Waals surface area contributed by atoms with Crippen LogP contribution in [-0.4, -0.2) is 17.8 Å². The molecule has 1 saturated carbocycles. The molecule has 3 nitrogen and oxygen atoms in total. The van der Waals surface area contributed by atoms with Gasteiger partial charge in [-0.1, -0.05) is 25.3 Å². The number of aryl methyl sites for hydroxylation is 1. The summed E-state index contributed by atoms with van der Waals surface area (Å²) in [7, 11) is 1.66. The van der Waals surface area contributed by atoms with Crippen molar-refractivity contribution in [1.29, 1.82) is 5.26 Å². The summed E-state index contributed by atoms with van der Waals surface area (Å²) in [4.78, 5) is 0. The van der Waals surface area contributed by atoms with Gasteiger partial charge in [0.1, 0.15) is 5.75 Å². The number of hydrogen-bond acceptors (Lipinski definition) is 3. The third kappa shape index (κ3) is 2.32. The number of benzene rings is 1. The number of nitrogens with zero attached hydrogens (tertiary/aromatic N) is 1. The minimum atomic E-state index is -0.887. The number of nitriles is 1. The van der Waals surface area contributed by atoms with Crippen LogP contribution in [0.4, 0.5) is 0 Å². The van der Waals surface area contributed by atoms with Crippen molar-refractivity contribution in [2.75, 3.05) is 7.11 Å². The van der Waals surface area contributed by atoms with Gasteiger partial charge in [-0.15, -0.1) is 0 Å². The molecule has 0 saturated heterocycles. The van der Waals surface area contributed by atoms with E-state index in [-0.39, 0.29) is 0 Å². The zero-order valence-corrected chi connectivity index (χ0v) is 12.7. The van der Waals surface area contributed by atoms with Crippen molar-refractivity contribution < 1.29 is 9.84 Å². The first-order chi connectivity index (χ1) is 10.1. The zero-order valence-electron chi connectivity index (χ0n) is 12.7. The van der Waals surface area contributed by atoms with Crippen LogP contribution < -0.4 is 4.74 Å². The van der Waals surface area contributed by atoms with Crippen LogP contribution in [0.2, 0.25) is 0 Å². The Hall–Kier alpha value is -1.53. The van der Waals surface area contributed by atoms with Gasteiger partial charge in [0.15, 0.2) is 0 Å². The van der Waals surface area contributed by atoms with Gasteiger partial charge < -0.3 is 9.84 Å². The maximum absolute atomic E-state index is 11.3. The molecule has 0 heterocycles. The lowest BCUT2D eigenvalue weighted by molar-refractivity contribution is -0.0820. The molecule has 1 aromatic carbocycles. The lowest BCUT2D eigenvalue weighted by Gasteiger charge is -2.47. The maximum atomic E-state index is 11.3. The molecule has 2 aliphatic carbocycles. The molecular weight excluding hydrogens is 262 g/mol. The van der Waals surface area contributed by atoms with Gasteiger partial charge in [-0.05, 0) is 48.9 Å². The van der Waals surface area contributed by atoms with Crippen molar-refractivity contribution in [2.45, 2.75) is 57.0 Å². The normalized spacial score (nSPS) is 27.5. The SMILES string of the molecule is COc1ccc2c(c1)CC(O)(C1(C#N)CCCCC1)CC2. The van der Waals surface area contributed by atoms with Crippen molar-refractivity contribution in [3.05, 3.63) is 29.3 Å². The number of fused-ring (bicyclic) bond motifs is 1. The van der Waals surface area contributed by atoms with Crippen LogP contribution in [0.25, 0.3) is 0 Å². The Morgan fingerprint density at radius 3 is 2.57 bits per heavy atom. The second-order valence-corrected chi connectivity index (χ2v) is 6.60. The fraction of sp³-hybridized carbons (Fsp3) is 0.611. The summed E-state index contributed by atoms with van der Waals surface area (Å²) in [6.07, 6.45) is 7.08. The van der Waals surface area contributed by atoms with Crippen molar-refractivity contribution in [2.24, 2.45) is 5.41 Å². The second-order valence-electron chi connectivity index (χ2n) is 6.60. The van der Waals surface area contributed by atoms with E-state index in [1.807, 2.05) is 12.1 Å². The Morgan fingerprint density at radius 2 is 1.90 bits per heavy atom. The molecule has 21 heavy (non-hydrogen) atoms. The average Bonchev–Trinajstić information content (AvgIpc) is 2.54. The summed E-state index contributed by atoms with van der Waals surface area (Å²) in [6.45, 7) is 0. The van der Waals surface area contributed by atoms with E-state index in [2.05, 4.69) is 12.1 Å². The predicted octanol–water partition coefficient (Wildman–Crippen LogP) is 3.39. The van der Waals surface area contributed by atoms with Gasteiger partial charge >= 0.3 is 0 Å². The van der Waals surface area contributed by atoms with Crippen LogP contribution in [-0.2, 0) is 12.8 Å². The van der Waals surface area contributed by atoms with E-state index >= 15 is 0 Å². The highest BCUT2D eigenvalue weighted by Gasteiger charge is 2.52. The Morgan fingerprint density at radius 1 is 1.14 bits per heavy atom. The van der Waals surface area contributed by atoms with Crippen LogP contribution in [0.3, 0.4) is 0 Å². The van der Waals surface area contributed by atoms with Crippen molar-refractivity contribution in [3.8, 4) is 11.8 Å². The first kappa shape index (κ1) is 14.4. The molecule has 1 fully saturated rings. The summed E-state index contributed by atoms with van der Waals surface area (Å²) in [5.74, 6) is 0.827. The number of ether oxygens (including phenoxy) is 1. The highest BCUT2D eigenvalue weighted by atomic mass is 16.5. The van der Waals surface area contributed by atoms with Crippen molar-refractivity contribution in [3.63, 3.8) is 0 Å². The fourth-order valence-corrected chi connectivity index (χ4v) is 4.13. The monoisotopic (exact) mass is 285 g/mol. The highest BCUT2D eigenvalue weighted by Crippen LogP contribution is 2.50. The summed E-state index contributed by atoms with van der Waals surface area (Å²) >= 11 is 0. The summed E-state index contributed by atoms with van der Waals surface area (Å²) in [5.41, 5.74) is 0.973. The van der Waals surface area contributed by atoms with E-state index in [0.717, 1.165) is 43.4 Å². The molecule has 0 radical (unpaired) electrons. The van der Waals surface area contributed by atoms with Crippen molar-refractivity contribution >= 4 is 0 Å². The molecule has 1 atom stereocenters. The smallest absolute Gasteiger partial charge is 0.119 e. The fourth-order valence-electron chi connectivity index (χ4n) is 4.13. The second kappa shape index (κ2) is 5.35. The predicted molar refractivity (Wildman–Crippen MR) is 81.1 cm³/mol. The molecule has 0 amide bonds. The largest absolute Gasteiger partial charge is 0.497 e. The van der Waals surface area contributed by atoms with E-state index in [1.54, 1.807) is 7.11 Å². The molecule has 0 spiro atoms. The van der Waals surface area contributed by atoms with E-state index in [4.69, 9.17) is 4.74 Å². The zero-order chi connectivity index (χ0) is 14.9. The summed E-state index contributed by atoms with van der Waals surface area (Å²) in [6, 6.07) is 8.59. The van der Waals surface area contributed by atoms with Crippen LogP contribution in [0.15, 0.2) is 18.2 Å². The first-order valence-corrected chi connectivity index (χ1v) is 7.92. The first-order valence-electron chi connectivity index (χ1n) is 7.92. The quantitative estimate of drug-likeness (QED) is 0.906. The molecule has 3 heteroatoms. The molecule has 1 unspecified atom stereocenters.